The van der Waals surface area contributed by atoms with Gasteiger partial charge >= 0.3 is 0 Å². The van der Waals surface area contributed by atoms with Gasteiger partial charge in [-0.1, -0.05) is 24.3 Å². The number of nitriles is 2. The predicted octanol–water partition coefficient (Wildman–Crippen LogP) is 3.58. The van der Waals surface area contributed by atoms with Gasteiger partial charge in [-0.2, -0.15) is 0 Å². The summed E-state index contributed by atoms with van der Waals surface area (Å²) in [7, 11) is 0. The summed E-state index contributed by atoms with van der Waals surface area (Å²) < 4.78 is 9.47. The summed E-state index contributed by atoms with van der Waals surface area (Å²) in [4.78, 5) is 0. The highest BCUT2D eigenvalue weighted by molar-refractivity contribution is 5.29. The molecule has 0 aliphatic rings. The van der Waals surface area contributed by atoms with Crippen molar-refractivity contribution in [2.75, 3.05) is 0 Å². The Morgan fingerprint density at radius 1 is 0.667 bits per heavy atom. The molecule has 0 aliphatic carbocycles. The maximum Gasteiger partial charge on any atom is 0.292 e. The largest absolute Gasteiger partial charge is 0.388 e. The summed E-state index contributed by atoms with van der Waals surface area (Å²) in [6.45, 7) is 0. The lowest BCUT2D eigenvalue weighted by Crippen LogP contribution is -1.91. The van der Waals surface area contributed by atoms with Crippen LogP contribution in [0.4, 0.5) is 0 Å². The second kappa shape index (κ2) is 7.57. The van der Waals surface area contributed by atoms with Gasteiger partial charge in [0.05, 0.1) is 0 Å². The van der Waals surface area contributed by atoms with Crippen LogP contribution in [0, 0.1) is 23.0 Å². The van der Waals surface area contributed by atoms with Crippen LogP contribution >= 0.6 is 0 Å². The average Bonchev–Trinajstić information content (AvgIpc) is 2.51. The Hall–Kier alpha value is -2.98. The third kappa shape index (κ3) is 4.56. The molecule has 0 spiro atoms. The number of rotatable bonds is 6. The smallest absolute Gasteiger partial charge is 0.292 e. The molecule has 4 nitrogen and oxygen atoms in total. The number of ether oxygens (including phenoxy) is 2. The summed E-state index contributed by atoms with van der Waals surface area (Å²) in [5.41, 5.74) is 2.43. The lowest BCUT2D eigenvalue weighted by atomic mass is 10.0. The van der Waals surface area contributed by atoms with E-state index in [1.807, 2.05) is 24.3 Å². The molecular formula is C17H14N2O2. The fourth-order valence-electron chi connectivity index (χ4n) is 2.05. The van der Waals surface area contributed by atoms with Gasteiger partial charge in [-0.15, -0.1) is 10.5 Å². The zero-order valence-corrected chi connectivity index (χ0v) is 11.5. The highest BCUT2D eigenvalue weighted by Gasteiger charge is 1.99. The van der Waals surface area contributed by atoms with Crippen molar-refractivity contribution < 1.29 is 9.47 Å². The molecule has 0 bridgehead atoms. The Bertz CT molecular complexity index is 590. The lowest BCUT2D eigenvalue weighted by Gasteiger charge is -2.04. The molecule has 0 unspecified atom stereocenters. The third-order valence-corrected chi connectivity index (χ3v) is 3.10. The van der Waals surface area contributed by atoms with Crippen LogP contribution in [0.3, 0.4) is 0 Å². The minimum Gasteiger partial charge on any atom is -0.388 e. The van der Waals surface area contributed by atoms with E-state index >= 15 is 0 Å². The van der Waals surface area contributed by atoms with Gasteiger partial charge in [0.25, 0.3) is 12.5 Å². The predicted molar refractivity (Wildman–Crippen MR) is 77.4 cm³/mol. The Labute approximate surface area is 123 Å². The fourth-order valence-corrected chi connectivity index (χ4v) is 2.05. The molecule has 0 aliphatic heterocycles. The average molecular weight is 278 g/mol. The molecule has 2 rings (SSSR count). The van der Waals surface area contributed by atoms with Crippen LogP contribution in [0.5, 0.6) is 11.5 Å². The molecule has 0 amide bonds. The molecule has 4 heteroatoms. The van der Waals surface area contributed by atoms with E-state index in [0.29, 0.717) is 11.5 Å². The SMILES string of the molecule is N#COc1ccc(CCCc2ccc(OC#N)cc2)cc1. The quantitative estimate of drug-likeness (QED) is 0.757. The van der Waals surface area contributed by atoms with Crippen molar-refractivity contribution in [3.8, 4) is 24.0 Å². The van der Waals surface area contributed by atoms with E-state index in [0.717, 1.165) is 19.3 Å². The minimum absolute atomic E-state index is 0.564. The third-order valence-electron chi connectivity index (χ3n) is 3.10. The molecular weight excluding hydrogens is 264 g/mol. The first-order valence-corrected chi connectivity index (χ1v) is 6.61. The van der Waals surface area contributed by atoms with E-state index in [1.54, 1.807) is 36.8 Å². The van der Waals surface area contributed by atoms with Gasteiger partial charge in [-0.3, -0.25) is 0 Å². The second-order valence-corrected chi connectivity index (χ2v) is 4.53. The van der Waals surface area contributed by atoms with Crippen molar-refractivity contribution in [2.24, 2.45) is 0 Å². The first-order chi connectivity index (χ1) is 10.3. The molecule has 0 saturated carbocycles. The van der Waals surface area contributed by atoms with E-state index in [9.17, 15) is 0 Å². The molecule has 0 fully saturated rings. The van der Waals surface area contributed by atoms with Crippen molar-refractivity contribution in [2.45, 2.75) is 19.3 Å². The van der Waals surface area contributed by atoms with Crippen LogP contribution < -0.4 is 9.47 Å². The molecule has 0 atom stereocenters. The van der Waals surface area contributed by atoms with E-state index in [-0.39, 0.29) is 0 Å². The first kappa shape index (κ1) is 14.4. The molecule has 0 heterocycles. The Morgan fingerprint density at radius 2 is 1.05 bits per heavy atom. The van der Waals surface area contributed by atoms with Crippen LogP contribution in [0.15, 0.2) is 48.5 Å². The van der Waals surface area contributed by atoms with Gasteiger partial charge < -0.3 is 9.47 Å². The number of hydrogen-bond acceptors (Lipinski definition) is 4. The molecule has 0 N–H and O–H groups in total. The Balaban J connectivity index is 1.81. The highest BCUT2D eigenvalue weighted by Crippen LogP contribution is 2.16. The van der Waals surface area contributed by atoms with Gasteiger partial charge in [0.15, 0.2) is 0 Å². The van der Waals surface area contributed by atoms with E-state index in [1.165, 1.54) is 11.1 Å². The summed E-state index contributed by atoms with van der Waals surface area (Å²) >= 11 is 0. The van der Waals surface area contributed by atoms with Crippen molar-refractivity contribution >= 4 is 0 Å². The van der Waals surface area contributed by atoms with Gasteiger partial charge in [0.1, 0.15) is 11.5 Å². The lowest BCUT2D eigenvalue weighted by molar-refractivity contribution is 0.507. The summed E-state index contributed by atoms with van der Waals surface area (Å²) in [6, 6.07) is 15.1. The summed E-state index contributed by atoms with van der Waals surface area (Å²) in [6.07, 6.45) is 6.25. The standard InChI is InChI=1S/C17H14N2O2/c18-12-20-16-8-4-14(5-9-16)2-1-3-15-6-10-17(11-7-15)21-13-19/h4-11H,1-3H2. The fraction of sp³-hybridized carbons (Fsp3) is 0.176. The normalized spacial score (nSPS) is 9.43. The zero-order valence-electron chi connectivity index (χ0n) is 11.5. The first-order valence-electron chi connectivity index (χ1n) is 6.61. The molecule has 0 saturated heterocycles. The van der Waals surface area contributed by atoms with Crippen molar-refractivity contribution in [3.63, 3.8) is 0 Å². The zero-order chi connectivity index (χ0) is 14.9. The Morgan fingerprint density at radius 3 is 1.38 bits per heavy atom. The molecule has 0 aromatic heterocycles. The molecule has 2 aromatic carbocycles. The van der Waals surface area contributed by atoms with Crippen LogP contribution in [0.2, 0.25) is 0 Å². The summed E-state index contributed by atoms with van der Waals surface area (Å²) in [5.74, 6) is 1.13. The topological polar surface area (TPSA) is 66.0 Å². The number of benzene rings is 2. The molecule has 2 aromatic rings. The molecule has 0 radical (unpaired) electrons. The summed E-state index contributed by atoms with van der Waals surface area (Å²) in [5, 5.41) is 16.8. The monoisotopic (exact) mass is 278 g/mol. The van der Waals surface area contributed by atoms with E-state index in [2.05, 4.69) is 0 Å². The van der Waals surface area contributed by atoms with Crippen LogP contribution in [-0.4, -0.2) is 0 Å². The number of hydrogen-bond donors (Lipinski definition) is 0. The van der Waals surface area contributed by atoms with Gasteiger partial charge in [0, 0.05) is 0 Å². The maximum absolute atomic E-state index is 8.41. The van der Waals surface area contributed by atoms with Gasteiger partial charge in [-0.25, -0.2) is 0 Å². The molecule has 104 valence electrons. The molecule has 21 heavy (non-hydrogen) atoms. The minimum atomic E-state index is 0.564. The van der Waals surface area contributed by atoms with Crippen molar-refractivity contribution in [1.29, 1.82) is 10.5 Å². The maximum atomic E-state index is 8.41. The van der Waals surface area contributed by atoms with Gasteiger partial charge in [0.2, 0.25) is 0 Å². The van der Waals surface area contributed by atoms with Gasteiger partial charge in [-0.05, 0) is 54.7 Å². The van der Waals surface area contributed by atoms with E-state index in [4.69, 9.17) is 20.0 Å². The van der Waals surface area contributed by atoms with Crippen molar-refractivity contribution in [3.05, 3.63) is 59.7 Å². The highest BCUT2D eigenvalue weighted by atomic mass is 16.5. The Kier molecular flexibility index (Phi) is 5.20. The van der Waals surface area contributed by atoms with Crippen LogP contribution in [0.25, 0.3) is 0 Å². The van der Waals surface area contributed by atoms with Crippen molar-refractivity contribution in [1.82, 2.24) is 0 Å². The van der Waals surface area contributed by atoms with Crippen LogP contribution in [-0.2, 0) is 12.8 Å². The number of aryl methyl sites for hydroxylation is 2. The number of nitrogens with zero attached hydrogens (tertiary/aromatic N) is 2. The second-order valence-electron chi connectivity index (χ2n) is 4.53. The van der Waals surface area contributed by atoms with Crippen LogP contribution in [0.1, 0.15) is 17.5 Å². The van der Waals surface area contributed by atoms with E-state index < -0.39 is 0 Å².